The molecule has 1 aromatic rings. The monoisotopic (exact) mass is 366 g/mol. The van der Waals surface area contributed by atoms with Gasteiger partial charge in [0.2, 0.25) is 10.0 Å². The van der Waals surface area contributed by atoms with E-state index >= 15 is 0 Å². The lowest BCUT2D eigenvalue weighted by atomic mass is 10.1. The van der Waals surface area contributed by atoms with Gasteiger partial charge >= 0.3 is 0 Å². The van der Waals surface area contributed by atoms with E-state index in [9.17, 15) is 8.42 Å². The van der Waals surface area contributed by atoms with Crippen molar-refractivity contribution in [2.24, 2.45) is 0 Å². The summed E-state index contributed by atoms with van der Waals surface area (Å²) >= 11 is 4.82. The lowest BCUT2D eigenvalue weighted by Gasteiger charge is -2.41. The number of piperazine rings is 1. The van der Waals surface area contributed by atoms with Crippen molar-refractivity contribution >= 4 is 37.3 Å². The SMILES string of the molecule is Cc1sc(Br)cc1S(=O)(=O)N1CC(C)N(C)C(C)C1. The van der Waals surface area contributed by atoms with Crippen LogP contribution < -0.4 is 0 Å². The molecule has 1 aromatic heterocycles. The third-order valence-electron chi connectivity index (χ3n) is 3.79. The van der Waals surface area contributed by atoms with Gasteiger partial charge in [0.15, 0.2) is 0 Å². The first-order valence-corrected chi connectivity index (χ1v) is 9.26. The minimum atomic E-state index is -3.37. The number of halogens is 1. The maximum Gasteiger partial charge on any atom is 0.244 e. The lowest BCUT2D eigenvalue weighted by molar-refractivity contribution is 0.105. The van der Waals surface area contributed by atoms with E-state index in [1.807, 2.05) is 14.0 Å². The topological polar surface area (TPSA) is 40.6 Å². The zero-order chi connectivity index (χ0) is 14.4. The molecule has 2 unspecified atom stereocenters. The molecular weight excluding hydrogens is 348 g/mol. The van der Waals surface area contributed by atoms with E-state index in [0.717, 1.165) is 8.66 Å². The standard InChI is InChI=1S/C12H19BrN2O2S2/c1-8-6-15(7-9(2)14(8)4)19(16,17)11-5-12(13)18-10(11)3/h5,8-9H,6-7H2,1-4H3. The fraction of sp³-hybridized carbons (Fsp3) is 0.667. The van der Waals surface area contributed by atoms with E-state index < -0.39 is 10.0 Å². The molecule has 108 valence electrons. The van der Waals surface area contributed by atoms with E-state index in [2.05, 4.69) is 34.7 Å². The highest BCUT2D eigenvalue weighted by molar-refractivity contribution is 9.11. The second-order valence-corrected chi connectivity index (χ2v) is 9.70. The van der Waals surface area contributed by atoms with Crippen molar-refractivity contribution in [3.63, 3.8) is 0 Å². The van der Waals surface area contributed by atoms with Crippen LogP contribution in [0.3, 0.4) is 0 Å². The third-order valence-corrected chi connectivity index (χ3v) is 7.43. The molecule has 0 aromatic carbocycles. The average Bonchev–Trinajstić information content (AvgIpc) is 2.65. The summed E-state index contributed by atoms with van der Waals surface area (Å²) in [5.41, 5.74) is 0. The molecule has 0 spiro atoms. The Morgan fingerprint density at radius 3 is 2.26 bits per heavy atom. The molecule has 0 bridgehead atoms. The lowest BCUT2D eigenvalue weighted by Crippen LogP contribution is -2.56. The zero-order valence-electron chi connectivity index (χ0n) is 11.6. The molecule has 19 heavy (non-hydrogen) atoms. The van der Waals surface area contributed by atoms with Crippen LogP contribution in [-0.4, -0.2) is 49.8 Å². The Labute approximate surface area is 127 Å². The Morgan fingerprint density at radius 2 is 1.84 bits per heavy atom. The number of likely N-dealkylation sites (N-methyl/N-ethyl adjacent to an activating group) is 1. The van der Waals surface area contributed by atoms with Crippen molar-refractivity contribution in [3.8, 4) is 0 Å². The quantitative estimate of drug-likeness (QED) is 0.807. The van der Waals surface area contributed by atoms with Gasteiger partial charge in [-0.05, 0) is 49.8 Å². The summed E-state index contributed by atoms with van der Waals surface area (Å²) in [5, 5.41) is 0. The first-order chi connectivity index (χ1) is 8.73. The predicted molar refractivity (Wildman–Crippen MR) is 82.2 cm³/mol. The zero-order valence-corrected chi connectivity index (χ0v) is 14.8. The van der Waals surface area contributed by atoms with Crippen molar-refractivity contribution in [1.29, 1.82) is 0 Å². The molecule has 4 nitrogen and oxygen atoms in total. The van der Waals surface area contributed by atoms with E-state index in [-0.39, 0.29) is 12.1 Å². The molecule has 1 aliphatic heterocycles. The Morgan fingerprint density at radius 1 is 1.32 bits per heavy atom. The fourth-order valence-corrected chi connectivity index (χ4v) is 6.36. The van der Waals surface area contributed by atoms with Crippen molar-refractivity contribution in [3.05, 3.63) is 14.7 Å². The minimum absolute atomic E-state index is 0.237. The second-order valence-electron chi connectivity index (χ2n) is 5.16. The first kappa shape index (κ1) is 15.4. The number of sulfonamides is 1. The van der Waals surface area contributed by atoms with E-state index in [0.29, 0.717) is 18.0 Å². The molecule has 2 rings (SSSR count). The van der Waals surface area contributed by atoms with Crippen molar-refractivity contribution in [2.75, 3.05) is 20.1 Å². The van der Waals surface area contributed by atoms with Gasteiger partial charge in [0.1, 0.15) is 0 Å². The molecule has 0 radical (unpaired) electrons. The van der Waals surface area contributed by atoms with Gasteiger partial charge in [-0.2, -0.15) is 4.31 Å². The summed E-state index contributed by atoms with van der Waals surface area (Å²) in [6, 6.07) is 2.19. The number of thiophene rings is 1. The summed E-state index contributed by atoms with van der Waals surface area (Å²) in [7, 11) is -1.33. The number of hydrogen-bond acceptors (Lipinski definition) is 4. The Kier molecular flexibility index (Phi) is 4.42. The summed E-state index contributed by atoms with van der Waals surface area (Å²) in [5.74, 6) is 0. The van der Waals surface area contributed by atoms with Crippen LogP contribution in [0.15, 0.2) is 14.7 Å². The number of hydrogen-bond donors (Lipinski definition) is 0. The van der Waals surface area contributed by atoms with E-state index in [1.165, 1.54) is 11.3 Å². The van der Waals surface area contributed by atoms with Crippen LogP contribution >= 0.6 is 27.3 Å². The Hall–Kier alpha value is 0.0500. The Balaban J connectivity index is 2.33. The summed E-state index contributed by atoms with van der Waals surface area (Å²) < 4.78 is 27.9. The molecule has 0 N–H and O–H groups in total. The minimum Gasteiger partial charge on any atom is -0.298 e. The fourth-order valence-electron chi connectivity index (χ4n) is 2.38. The number of rotatable bonds is 2. The highest BCUT2D eigenvalue weighted by atomic mass is 79.9. The maximum atomic E-state index is 12.7. The summed E-state index contributed by atoms with van der Waals surface area (Å²) in [6.45, 7) is 7.08. The normalized spacial score (nSPS) is 26.8. The van der Waals surface area contributed by atoms with Gasteiger partial charge < -0.3 is 0 Å². The molecule has 2 atom stereocenters. The smallest absolute Gasteiger partial charge is 0.244 e. The van der Waals surface area contributed by atoms with Gasteiger partial charge in [-0.1, -0.05) is 0 Å². The van der Waals surface area contributed by atoms with Crippen LogP contribution in [0.1, 0.15) is 18.7 Å². The maximum absolute atomic E-state index is 12.7. The van der Waals surface area contributed by atoms with Gasteiger partial charge in [0.05, 0.1) is 8.68 Å². The van der Waals surface area contributed by atoms with Crippen LogP contribution in [-0.2, 0) is 10.0 Å². The van der Waals surface area contributed by atoms with Gasteiger partial charge in [-0.3, -0.25) is 4.90 Å². The van der Waals surface area contributed by atoms with E-state index in [1.54, 1.807) is 10.4 Å². The summed E-state index contributed by atoms with van der Waals surface area (Å²) in [6.07, 6.45) is 0. The molecule has 7 heteroatoms. The van der Waals surface area contributed by atoms with Crippen LogP contribution in [0.2, 0.25) is 0 Å². The molecule has 1 aliphatic rings. The predicted octanol–water partition coefficient (Wildman–Crippen LogP) is 2.53. The molecular formula is C12H19BrN2O2S2. The third kappa shape index (κ3) is 2.90. The molecule has 0 amide bonds. The van der Waals surface area contributed by atoms with Gasteiger partial charge in [0.25, 0.3) is 0 Å². The second kappa shape index (κ2) is 5.44. The van der Waals surface area contributed by atoms with Crippen LogP contribution in [0.4, 0.5) is 0 Å². The van der Waals surface area contributed by atoms with Crippen LogP contribution in [0.25, 0.3) is 0 Å². The Bertz CT molecular complexity index is 558. The average molecular weight is 367 g/mol. The number of aryl methyl sites for hydroxylation is 1. The highest BCUT2D eigenvalue weighted by Gasteiger charge is 2.35. The summed E-state index contributed by atoms with van der Waals surface area (Å²) in [4.78, 5) is 3.50. The van der Waals surface area contributed by atoms with Crippen molar-refractivity contribution in [2.45, 2.75) is 37.8 Å². The van der Waals surface area contributed by atoms with Crippen molar-refractivity contribution < 1.29 is 8.42 Å². The highest BCUT2D eigenvalue weighted by Crippen LogP contribution is 2.32. The molecule has 1 saturated heterocycles. The van der Waals surface area contributed by atoms with Gasteiger partial charge in [0, 0.05) is 30.1 Å². The van der Waals surface area contributed by atoms with Crippen LogP contribution in [0.5, 0.6) is 0 Å². The van der Waals surface area contributed by atoms with Gasteiger partial charge in [-0.15, -0.1) is 11.3 Å². The van der Waals surface area contributed by atoms with Crippen molar-refractivity contribution in [1.82, 2.24) is 9.21 Å². The molecule has 1 fully saturated rings. The first-order valence-electron chi connectivity index (χ1n) is 6.21. The largest absolute Gasteiger partial charge is 0.298 e. The molecule has 2 heterocycles. The number of nitrogens with zero attached hydrogens (tertiary/aromatic N) is 2. The molecule has 0 saturated carbocycles. The van der Waals surface area contributed by atoms with Crippen LogP contribution in [0, 0.1) is 6.92 Å². The van der Waals surface area contributed by atoms with E-state index in [4.69, 9.17) is 0 Å². The van der Waals surface area contributed by atoms with Gasteiger partial charge in [-0.25, -0.2) is 8.42 Å². The molecule has 0 aliphatic carbocycles.